The van der Waals surface area contributed by atoms with Crippen molar-refractivity contribution in [3.8, 4) is 0 Å². The van der Waals surface area contributed by atoms with Gasteiger partial charge >= 0.3 is 0 Å². The second kappa shape index (κ2) is 6.93. The maximum atomic E-state index is 3.78. The van der Waals surface area contributed by atoms with Crippen LogP contribution in [0.2, 0.25) is 0 Å². The Bertz CT molecular complexity index is 430. The number of nitrogens with zero attached hydrogens (tertiary/aromatic N) is 1. The van der Waals surface area contributed by atoms with Crippen LogP contribution in [0.5, 0.6) is 0 Å². The highest BCUT2D eigenvalue weighted by Gasteiger charge is 2.38. The summed E-state index contributed by atoms with van der Waals surface area (Å²) in [4.78, 5) is 2.77. The van der Waals surface area contributed by atoms with Crippen molar-refractivity contribution in [2.24, 2.45) is 11.8 Å². The standard InChI is InChI=1S/C19H30N2/c1-3-11-20-19(17-7-5-4-6-8-17)15(2)13-21-14-16-9-10-18(21)12-16/h4-8,15-16,18-20H,3,9-14H2,1-2H3. The van der Waals surface area contributed by atoms with Crippen LogP contribution in [0.1, 0.15) is 51.1 Å². The third-order valence-corrected chi connectivity index (χ3v) is 5.39. The number of fused-ring (bicyclic) bond motifs is 2. The van der Waals surface area contributed by atoms with E-state index in [9.17, 15) is 0 Å². The van der Waals surface area contributed by atoms with Crippen LogP contribution in [0.25, 0.3) is 0 Å². The first-order chi connectivity index (χ1) is 10.3. The molecule has 1 saturated carbocycles. The van der Waals surface area contributed by atoms with Crippen LogP contribution in [0.15, 0.2) is 30.3 Å². The fraction of sp³-hybridized carbons (Fsp3) is 0.684. The minimum absolute atomic E-state index is 0.491. The van der Waals surface area contributed by atoms with E-state index in [1.807, 2.05) is 0 Å². The summed E-state index contributed by atoms with van der Waals surface area (Å²) < 4.78 is 0. The van der Waals surface area contributed by atoms with E-state index in [0.717, 1.165) is 18.5 Å². The van der Waals surface area contributed by atoms with Crippen LogP contribution in [-0.4, -0.2) is 30.6 Å². The molecule has 2 aliphatic rings. The van der Waals surface area contributed by atoms with Gasteiger partial charge in [-0.2, -0.15) is 0 Å². The summed E-state index contributed by atoms with van der Waals surface area (Å²) in [6.07, 6.45) is 5.58. The molecule has 4 atom stereocenters. The van der Waals surface area contributed by atoms with Gasteiger partial charge in [0.05, 0.1) is 0 Å². The first-order valence-electron chi connectivity index (χ1n) is 8.80. The van der Waals surface area contributed by atoms with E-state index in [2.05, 4.69) is 54.4 Å². The largest absolute Gasteiger partial charge is 0.310 e. The van der Waals surface area contributed by atoms with E-state index in [-0.39, 0.29) is 0 Å². The van der Waals surface area contributed by atoms with Crippen LogP contribution in [0.3, 0.4) is 0 Å². The second-order valence-corrected chi connectivity index (χ2v) is 7.11. The lowest BCUT2D eigenvalue weighted by Crippen LogP contribution is -2.39. The second-order valence-electron chi connectivity index (χ2n) is 7.11. The lowest BCUT2D eigenvalue weighted by atomic mass is 9.93. The number of nitrogens with one attached hydrogen (secondary N) is 1. The van der Waals surface area contributed by atoms with Gasteiger partial charge in [-0.15, -0.1) is 0 Å². The lowest BCUT2D eigenvalue weighted by molar-refractivity contribution is 0.169. The molecule has 0 amide bonds. The molecule has 1 N–H and O–H groups in total. The van der Waals surface area contributed by atoms with E-state index in [4.69, 9.17) is 0 Å². The summed E-state index contributed by atoms with van der Waals surface area (Å²) in [5, 5.41) is 3.78. The normalized spacial score (nSPS) is 27.9. The van der Waals surface area contributed by atoms with Gasteiger partial charge in [0, 0.05) is 25.2 Å². The van der Waals surface area contributed by atoms with Gasteiger partial charge in [-0.25, -0.2) is 0 Å². The smallest absolute Gasteiger partial charge is 0.0358 e. The van der Waals surface area contributed by atoms with Crippen molar-refractivity contribution < 1.29 is 0 Å². The van der Waals surface area contributed by atoms with Crippen LogP contribution < -0.4 is 5.32 Å². The van der Waals surface area contributed by atoms with Crippen molar-refractivity contribution in [1.82, 2.24) is 10.2 Å². The average Bonchev–Trinajstić information content (AvgIpc) is 3.11. The molecule has 2 nitrogen and oxygen atoms in total. The number of likely N-dealkylation sites (tertiary alicyclic amines) is 1. The van der Waals surface area contributed by atoms with Crippen LogP contribution >= 0.6 is 0 Å². The van der Waals surface area contributed by atoms with Gasteiger partial charge in [0.1, 0.15) is 0 Å². The molecule has 2 fully saturated rings. The number of piperidine rings is 1. The van der Waals surface area contributed by atoms with E-state index in [0.29, 0.717) is 12.0 Å². The first kappa shape index (κ1) is 15.1. The average molecular weight is 286 g/mol. The molecule has 1 saturated heterocycles. The predicted octanol–water partition coefficient (Wildman–Crippen LogP) is 3.85. The zero-order valence-corrected chi connectivity index (χ0v) is 13.6. The highest BCUT2D eigenvalue weighted by molar-refractivity contribution is 5.19. The van der Waals surface area contributed by atoms with Gasteiger partial charge in [-0.3, -0.25) is 4.90 Å². The Kier molecular flexibility index (Phi) is 4.97. The van der Waals surface area contributed by atoms with Crippen LogP contribution in [-0.2, 0) is 0 Å². The fourth-order valence-electron chi connectivity index (χ4n) is 4.33. The SMILES string of the molecule is CCCNC(c1ccccc1)C(C)CN1CC2CCC1C2. The van der Waals surface area contributed by atoms with Crippen LogP contribution in [0, 0.1) is 11.8 Å². The topological polar surface area (TPSA) is 15.3 Å². The number of hydrogen-bond acceptors (Lipinski definition) is 2. The summed E-state index contributed by atoms with van der Waals surface area (Å²) in [5.41, 5.74) is 1.45. The van der Waals surface area contributed by atoms with E-state index in [1.54, 1.807) is 0 Å². The lowest BCUT2D eigenvalue weighted by Gasteiger charge is -2.33. The quantitative estimate of drug-likeness (QED) is 0.819. The van der Waals surface area contributed by atoms with Gasteiger partial charge in [-0.05, 0) is 49.6 Å². The van der Waals surface area contributed by atoms with Crippen molar-refractivity contribution in [3.05, 3.63) is 35.9 Å². The van der Waals surface area contributed by atoms with Gasteiger partial charge in [0.25, 0.3) is 0 Å². The molecule has 0 spiro atoms. The molecule has 1 aliphatic heterocycles. The molecule has 3 rings (SSSR count). The Morgan fingerprint density at radius 3 is 2.67 bits per heavy atom. The Labute approximate surface area is 129 Å². The number of benzene rings is 1. The Morgan fingerprint density at radius 1 is 1.24 bits per heavy atom. The number of hydrogen-bond donors (Lipinski definition) is 1. The fourth-order valence-corrected chi connectivity index (χ4v) is 4.33. The zero-order chi connectivity index (χ0) is 14.7. The van der Waals surface area contributed by atoms with Crippen molar-refractivity contribution >= 4 is 0 Å². The number of rotatable bonds is 7. The van der Waals surface area contributed by atoms with Gasteiger partial charge in [-0.1, -0.05) is 44.2 Å². The molecule has 21 heavy (non-hydrogen) atoms. The summed E-state index contributed by atoms with van der Waals surface area (Å²) in [5.74, 6) is 1.67. The highest BCUT2D eigenvalue weighted by Crippen LogP contribution is 2.38. The summed E-state index contributed by atoms with van der Waals surface area (Å²) in [7, 11) is 0. The molecule has 116 valence electrons. The van der Waals surface area contributed by atoms with Crippen molar-refractivity contribution in [1.29, 1.82) is 0 Å². The van der Waals surface area contributed by atoms with Crippen molar-refractivity contribution in [2.75, 3.05) is 19.6 Å². The zero-order valence-electron chi connectivity index (χ0n) is 13.6. The minimum Gasteiger partial charge on any atom is -0.310 e. The molecule has 2 bridgehead atoms. The molecule has 2 heteroatoms. The van der Waals surface area contributed by atoms with E-state index in [1.165, 1.54) is 44.3 Å². The minimum atomic E-state index is 0.491. The van der Waals surface area contributed by atoms with Gasteiger partial charge < -0.3 is 5.32 Å². The Morgan fingerprint density at radius 2 is 2.05 bits per heavy atom. The van der Waals surface area contributed by atoms with E-state index >= 15 is 0 Å². The van der Waals surface area contributed by atoms with Crippen molar-refractivity contribution in [3.63, 3.8) is 0 Å². The Balaban J connectivity index is 1.64. The molecular formula is C19H30N2. The Hall–Kier alpha value is -0.860. The highest BCUT2D eigenvalue weighted by atomic mass is 15.2. The molecule has 1 heterocycles. The summed E-state index contributed by atoms with van der Waals surface area (Å²) >= 11 is 0. The van der Waals surface area contributed by atoms with E-state index < -0.39 is 0 Å². The molecule has 0 aromatic heterocycles. The molecular weight excluding hydrogens is 256 g/mol. The molecule has 1 aromatic rings. The predicted molar refractivity (Wildman–Crippen MR) is 89.3 cm³/mol. The summed E-state index contributed by atoms with van der Waals surface area (Å²) in [6.45, 7) is 8.38. The summed E-state index contributed by atoms with van der Waals surface area (Å²) in [6, 6.07) is 12.4. The third kappa shape index (κ3) is 3.49. The molecule has 1 aliphatic carbocycles. The van der Waals surface area contributed by atoms with Gasteiger partial charge in [0.15, 0.2) is 0 Å². The van der Waals surface area contributed by atoms with Gasteiger partial charge in [0.2, 0.25) is 0 Å². The maximum absolute atomic E-state index is 3.78. The first-order valence-corrected chi connectivity index (χ1v) is 8.80. The van der Waals surface area contributed by atoms with Crippen LogP contribution in [0.4, 0.5) is 0 Å². The maximum Gasteiger partial charge on any atom is 0.0358 e. The monoisotopic (exact) mass is 286 g/mol. The molecule has 0 radical (unpaired) electrons. The van der Waals surface area contributed by atoms with Crippen molar-refractivity contribution in [2.45, 2.75) is 51.6 Å². The molecule has 4 unspecified atom stereocenters. The third-order valence-electron chi connectivity index (χ3n) is 5.39. The molecule has 1 aromatic carbocycles.